The van der Waals surface area contributed by atoms with Gasteiger partial charge in [0.15, 0.2) is 6.10 Å². The number of esters is 3. The van der Waals surface area contributed by atoms with Gasteiger partial charge in [-0.05, 0) is 25.2 Å². The average Bonchev–Trinajstić information content (AvgIpc) is 3.18. The molecule has 0 N–H and O–H groups in total. The van der Waals surface area contributed by atoms with Crippen molar-refractivity contribution in [2.45, 2.75) is 278 Å². The number of ether oxygens (including phenoxy) is 3. The molecule has 0 spiro atoms. The summed E-state index contributed by atoms with van der Waals surface area (Å²) >= 11 is 0. The molecule has 6 heteroatoms. The van der Waals surface area contributed by atoms with Crippen molar-refractivity contribution < 1.29 is 28.6 Å². The van der Waals surface area contributed by atoms with Gasteiger partial charge >= 0.3 is 17.9 Å². The number of hydrogen-bond acceptors (Lipinski definition) is 6. The van der Waals surface area contributed by atoms with Gasteiger partial charge in [0, 0.05) is 19.3 Å². The van der Waals surface area contributed by atoms with Crippen molar-refractivity contribution >= 4 is 17.9 Å². The molecule has 1 unspecified atom stereocenters. The lowest BCUT2D eigenvalue weighted by atomic mass is 9.99. The van der Waals surface area contributed by atoms with Crippen molar-refractivity contribution in [2.75, 3.05) is 13.2 Å². The molecule has 0 fully saturated rings. The van der Waals surface area contributed by atoms with E-state index in [0.717, 1.165) is 63.7 Å². The minimum atomic E-state index is -0.759. The van der Waals surface area contributed by atoms with Crippen molar-refractivity contribution in [1.82, 2.24) is 0 Å². The normalized spacial score (nSPS) is 12.4. The Hall–Kier alpha value is -1.59. The lowest BCUT2D eigenvalue weighted by molar-refractivity contribution is -0.167. The predicted molar refractivity (Wildman–Crippen MR) is 233 cm³/mol. The van der Waals surface area contributed by atoms with Gasteiger partial charge in [0.1, 0.15) is 13.2 Å². The van der Waals surface area contributed by atoms with E-state index in [1.165, 1.54) is 167 Å². The van der Waals surface area contributed by atoms with Crippen molar-refractivity contribution in [3.63, 3.8) is 0 Å². The summed E-state index contributed by atoms with van der Waals surface area (Å²) in [6, 6.07) is 0. The van der Waals surface area contributed by atoms with Gasteiger partial charge in [-0.1, -0.05) is 233 Å². The Bertz CT molecular complexity index is 828. The lowest BCUT2D eigenvalue weighted by Crippen LogP contribution is -2.30. The van der Waals surface area contributed by atoms with Crippen LogP contribution in [0.15, 0.2) is 0 Å². The molecule has 55 heavy (non-hydrogen) atoms. The zero-order chi connectivity index (χ0) is 40.3. The van der Waals surface area contributed by atoms with Crippen LogP contribution in [0.3, 0.4) is 0 Å². The zero-order valence-corrected chi connectivity index (χ0v) is 37.4. The summed E-state index contributed by atoms with van der Waals surface area (Å²) in [5, 5.41) is 0. The van der Waals surface area contributed by atoms with Gasteiger partial charge in [-0.3, -0.25) is 14.4 Å². The number of carbonyl (C=O) groups is 3. The Kier molecular flexibility index (Phi) is 42.3. The molecule has 0 heterocycles. The standard InChI is InChI=1S/C49H94O6/c1-5-8-10-12-14-15-16-17-18-19-20-21-25-29-32-36-40-47(50)53-43-46(55-49(52)42-38-34-27-13-11-9-6-2)44-54-48(51)41-37-33-30-26-23-22-24-28-31-35-39-45(4)7-3/h45-46H,5-44H2,1-4H3/t45?,46-/m0/s1. The van der Waals surface area contributed by atoms with Gasteiger partial charge in [0.2, 0.25) is 0 Å². The SMILES string of the molecule is CCCCCCCCCCCCCCCCCCC(=O)OC[C@@H](COC(=O)CCCCCCCCCCCCC(C)CC)OC(=O)CCCCCCCCC. The molecule has 0 aromatic carbocycles. The summed E-state index contributed by atoms with van der Waals surface area (Å²) in [6.45, 7) is 9.00. The molecule has 0 aromatic heterocycles. The maximum atomic E-state index is 12.6. The molecule has 0 saturated heterocycles. The molecule has 0 saturated carbocycles. The van der Waals surface area contributed by atoms with E-state index in [2.05, 4.69) is 27.7 Å². The first-order valence-corrected chi connectivity index (χ1v) is 24.4. The summed E-state index contributed by atoms with van der Waals surface area (Å²) in [6.07, 6.45) is 43.8. The molecule has 0 bridgehead atoms. The first-order valence-electron chi connectivity index (χ1n) is 24.4. The number of rotatable bonds is 44. The summed E-state index contributed by atoms with van der Waals surface area (Å²) in [7, 11) is 0. The average molecular weight is 779 g/mol. The van der Waals surface area contributed by atoms with E-state index in [9.17, 15) is 14.4 Å². The van der Waals surface area contributed by atoms with Crippen LogP contribution in [0.1, 0.15) is 272 Å². The van der Waals surface area contributed by atoms with Crippen LogP contribution < -0.4 is 0 Å². The third-order valence-electron chi connectivity index (χ3n) is 11.4. The number of hydrogen-bond donors (Lipinski definition) is 0. The molecule has 0 aromatic rings. The molecular formula is C49H94O6. The zero-order valence-electron chi connectivity index (χ0n) is 37.4. The number of unbranched alkanes of at least 4 members (excludes halogenated alkanes) is 30. The molecule has 6 nitrogen and oxygen atoms in total. The summed E-state index contributed by atoms with van der Waals surface area (Å²) in [5.41, 5.74) is 0. The minimum Gasteiger partial charge on any atom is -0.462 e. The highest BCUT2D eigenvalue weighted by Crippen LogP contribution is 2.17. The van der Waals surface area contributed by atoms with Gasteiger partial charge in [-0.25, -0.2) is 0 Å². The van der Waals surface area contributed by atoms with Crippen LogP contribution >= 0.6 is 0 Å². The molecule has 0 rings (SSSR count). The van der Waals surface area contributed by atoms with E-state index in [4.69, 9.17) is 14.2 Å². The number of carbonyl (C=O) groups excluding carboxylic acids is 3. The van der Waals surface area contributed by atoms with Gasteiger partial charge < -0.3 is 14.2 Å². The van der Waals surface area contributed by atoms with Crippen LogP contribution in [0.25, 0.3) is 0 Å². The Labute approximate surface area is 342 Å². The van der Waals surface area contributed by atoms with E-state index < -0.39 is 6.10 Å². The van der Waals surface area contributed by atoms with Gasteiger partial charge in [-0.2, -0.15) is 0 Å². The maximum absolute atomic E-state index is 12.6. The molecule has 326 valence electrons. The fourth-order valence-electron chi connectivity index (χ4n) is 7.30. The molecule has 0 aliphatic heterocycles. The van der Waals surface area contributed by atoms with Crippen LogP contribution in [0.2, 0.25) is 0 Å². The molecule has 0 aliphatic rings. The second-order valence-corrected chi connectivity index (χ2v) is 17.0. The second-order valence-electron chi connectivity index (χ2n) is 17.0. The quantitative estimate of drug-likeness (QED) is 0.0348. The van der Waals surface area contributed by atoms with E-state index in [0.29, 0.717) is 19.3 Å². The summed E-state index contributed by atoms with van der Waals surface area (Å²) < 4.78 is 16.7. The smallest absolute Gasteiger partial charge is 0.306 e. The molecule has 0 amide bonds. The van der Waals surface area contributed by atoms with E-state index in [1.807, 2.05) is 0 Å². The van der Waals surface area contributed by atoms with E-state index in [-0.39, 0.29) is 31.1 Å². The Morgan fingerprint density at radius 1 is 0.364 bits per heavy atom. The largest absolute Gasteiger partial charge is 0.462 e. The fourth-order valence-corrected chi connectivity index (χ4v) is 7.30. The van der Waals surface area contributed by atoms with Crippen molar-refractivity contribution in [3.8, 4) is 0 Å². The van der Waals surface area contributed by atoms with Gasteiger partial charge in [0.25, 0.3) is 0 Å². The molecule has 0 radical (unpaired) electrons. The maximum Gasteiger partial charge on any atom is 0.306 e. The van der Waals surface area contributed by atoms with Crippen molar-refractivity contribution in [2.24, 2.45) is 5.92 Å². The van der Waals surface area contributed by atoms with E-state index >= 15 is 0 Å². The Morgan fingerprint density at radius 2 is 0.636 bits per heavy atom. The van der Waals surface area contributed by atoms with Crippen molar-refractivity contribution in [3.05, 3.63) is 0 Å². The minimum absolute atomic E-state index is 0.0639. The molecular weight excluding hydrogens is 685 g/mol. The third-order valence-corrected chi connectivity index (χ3v) is 11.4. The predicted octanol–water partition coefficient (Wildman–Crippen LogP) is 15.5. The first kappa shape index (κ1) is 53.4. The van der Waals surface area contributed by atoms with Crippen LogP contribution in [0, 0.1) is 5.92 Å². The molecule has 0 aliphatic carbocycles. The van der Waals surface area contributed by atoms with Crippen LogP contribution in [-0.4, -0.2) is 37.2 Å². The topological polar surface area (TPSA) is 78.9 Å². The Balaban J connectivity index is 4.20. The summed E-state index contributed by atoms with van der Waals surface area (Å²) in [5.74, 6) is 0.0136. The highest BCUT2D eigenvalue weighted by Gasteiger charge is 2.19. The first-order chi connectivity index (χ1) is 26.9. The third kappa shape index (κ3) is 41.9. The van der Waals surface area contributed by atoms with Crippen LogP contribution in [0.4, 0.5) is 0 Å². The van der Waals surface area contributed by atoms with Crippen LogP contribution in [0.5, 0.6) is 0 Å². The summed E-state index contributed by atoms with van der Waals surface area (Å²) in [4.78, 5) is 37.7. The fraction of sp³-hybridized carbons (Fsp3) is 0.939. The lowest BCUT2D eigenvalue weighted by Gasteiger charge is -2.18. The van der Waals surface area contributed by atoms with Gasteiger partial charge in [0.05, 0.1) is 0 Å². The van der Waals surface area contributed by atoms with Crippen molar-refractivity contribution in [1.29, 1.82) is 0 Å². The van der Waals surface area contributed by atoms with E-state index in [1.54, 1.807) is 0 Å². The van der Waals surface area contributed by atoms with Gasteiger partial charge in [-0.15, -0.1) is 0 Å². The molecule has 2 atom stereocenters. The monoisotopic (exact) mass is 779 g/mol. The Morgan fingerprint density at radius 3 is 0.945 bits per heavy atom. The second kappa shape index (κ2) is 43.5. The van der Waals surface area contributed by atoms with Crippen LogP contribution in [-0.2, 0) is 28.6 Å². The highest BCUT2D eigenvalue weighted by atomic mass is 16.6. The highest BCUT2D eigenvalue weighted by molar-refractivity contribution is 5.71.